The van der Waals surface area contributed by atoms with E-state index in [1.54, 1.807) is 12.8 Å². The van der Waals surface area contributed by atoms with Gasteiger partial charge in [-0.15, -0.1) is 0 Å². The van der Waals surface area contributed by atoms with E-state index in [2.05, 4.69) is 6.92 Å². The summed E-state index contributed by atoms with van der Waals surface area (Å²) in [4.78, 5) is 0. The Hall–Kier alpha value is -0.0400. The molecule has 2 heterocycles. The quantitative estimate of drug-likeness (QED) is 0.210. The molecule has 0 aromatic heterocycles. The summed E-state index contributed by atoms with van der Waals surface area (Å²) in [5.74, 6) is 0. The molecule has 148 valence electrons. The van der Waals surface area contributed by atoms with Crippen LogP contribution in [0.3, 0.4) is 0 Å². The Morgan fingerprint density at radius 2 is 1.04 bits per heavy atom. The molecule has 0 saturated carbocycles. The predicted octanol–water partition coefficient (Wildman–Crippen LogP) is 7.63. The van der Waals surface area contributed by atoms with Gasteiger partial charge in [-0.25, -0.2) is 0 Å². The zero-order chi connectivity index (χ0) is 17.6. The van der Waals surface area contributed by atoms with Gasteiger partial charge in [-0.2, -0.15) is 0 Å². The van der Waals surface area contributed by atoms with Crippen molar-refractivity contribution in [2.24, 2.45) is 0 Å². The summed E-state index contributed by atoms with van der Waals surface area (Å²) < 4.78 is 1.54. The van der Waals surface area contributed by atoms with Gasteiger partial charge in [0.1, 0.15) is 0 Å². The van der Waals surface area contributed by atoms with Gasteiger partial charge in [-0.1, -0.05) is 84.0 Å². The number of hydrogen-bond acceptors (Lipinski definition) is 0. The highest BCUT2D eigenvalue weighted by atomic mass is 15.4. The SMILES string of the molecule is CCCCCCCCCCCCCCCC[N+]12CCCCC1CCC2. The van der Waals surface area contributed by atoms with Crippen LogP contribution in [0, 0.1) is 0 Å². The molecule has 2 atom stereocenters. The van der Waals surface area contributed by atoms with Gasteiger partial charge in [-0.05, 0) is 32.1 Å². The lowest BCUT2D eigenvalue weighted by molar-refractivity contribution is -0.944. The molecular weight excluding hydrogens is 302 g/mol. The Morgan fingerprint density at radius 3 is 1.64 bits per heavy atom. The summed E-state index contributed by atoms with van der Waals surface area (Å²) in [6, 6.07) is 1.07. The van der Waals surface area contributed by atoms with Gasteiger partial charge < -0.3 is 4.48 Å². The van der Waals surface area contributed by atoms with Crippen LogP contribution in [0.4, 0.5) is 0 Å². The lowest BCUT2D eigenvalue weighted by Crippen LogP contribution is -2.54. The first-order valence-electron chi connectivity index (χ1n) is 12.2. The van der Waals surface area contributed by atoms with Crippen LogP contribution in [-0.2, 0) is 0 Å². The summed E-state index contributed by atoms with van der Waals surface area (Å²) in [5.41, 5.74) is 0. The van der Waals surface area contributed by atoms with E-state index >= 15 is 0 Å². The van der Waals surface area contributed by atoms with Gasteiger partial charge >= 0.3 is 0 Å². The molecule has 0 aromatic rings. The van der Waals surface area contributed by atoms with Crippen LogP contribution >= 0.6 is 0 Å². The molecule has 0 radical (unpaired) electrons. The smallest absolute Gasteiger partial charge is 0.0892 e. The highest BCUT2D eigenvalue weighted by Crippen LogP contribution is 2.35. The number of nitrogens with zero attached hydrogens (tertiary/aromatic N) is 1. The Morgan fingerprint density at radius 1 is 0.560 bits per heavy atom. The van der Waals surface area contributed by atoms with Crippen molar-refractivity contribution in [2.45, 2.75) is 135 Å². The van der Waals surface area contributed by atoms with Crippen LogP contribution in [-0.4, -0.2) is 30.2 Å². The lowest BCUT2D eigenvalue weighted by atomic mass is 9.98. The van der Waals surface area contributed by atoms with Crippen LogP contribution in [0.25, 0.3) is 0 Å². The van der Waals surface area contributed by atoms with Crippen LogP contribution in [0.2, 0.25) is 0 Å². The minimum absolute atomic E-state index is 1.07. The zero-order valence-electron chi connectivity index (χ0n) is 17.6. The van der Waals surface area contributed by atoms with Crippen molar-refractivity contribution >= 4 is 0 Å². The van der Waals surface area contributed by atoms with E-state index in [1.807, 2.05) is 0 Å². The summed E-state index contributed by atoms with van der Waals surface area (Å²) >= 11 is 0. The molecule has 0 bridgehead atoms. The minimum Gasteiger partial charge on any atom is -0.321 e. The van der Waals surface area contributed by atoms with Gasteiger partial charge in [0.25, 0.3) is 0 Å². The molecule has 0 N–H and O–H groups in total. The van der Waals surface area contributed by atoms with Crippen LogP contribution < -0.4 is 0 Å². The summed E-state index contributed by atoms with van der Waals surface area (Å²) in [7, 11) is 0. The van der Waals surface area contributed by atoms with Crippen molar-refractivity contribution in [2.75, 3.05) is 19.6 Å². The molecule has 2 rings (SSSR count). The predicted molar refractivity (Wildman–Crippen MR) is 112 cm³/mol. The van der Waals surface area contributed by atoms with E-state index in [9.17, 15) is 0 Å². The molecule has 0 amide bonds. The normalized spacial score (nSPS) is 26.0. The molecule has 1 heteroatoms. The number of unbranched alkanes of at least 4 members (excludes halogenated alkanes) is 13. The Labute approximate surface area is 159 Å². The Bertz CT molecular complexity index is 313. The second-order valence-corrected chi connectivity index (χ2v) is 9.28. The molecule has 1 nitrogen and oxygen atoms in total. The van der Waals surface area contributed by atoms with Gasteiger partial charge in [0.2, 0.25) is 0 Å². The van der Waals surface area contributed by atoms with Gasteiger partial charge in [0.05, 0.1) is 25.7 Å². The Kier molecular flexibility index (Phi) is 11.2. The molecule has 2 aliphatic heterocycles. The van der Waals surface area contributed by atoms with E-state index in [1.165, 1.54) is 133 Å². The fourth-order valence-electron chi connectivity index (χ4n) is 5.64. The number of rotatable bonds is 15. The molecule has 0 spiro atoms. The number of quaternary nitrogens is 1. The highest BCUT2D eigenvalue weighted by Gasteiger charge is 2.42. The first kappa shape index (κ1) is 21.3. The van der Waals surface area contributed by atoms with Crippen molar-refractivity contribution in [3.8, 4) is 0 Å². The maximum Gasteiger partial charge on any atom is 0.0892 e. The van der Waals surface area contributed by atoms with Gasteiger partial charge in [0.15, 0.2) is 0 Å². The zero-order valence-corrected chi connectivity index (χ0v) is 17.6. The standard InChI is InChI=1S/C24H48N/c1-2-3-4-5-6-7-8-9-10-11-12-13-14-16-21-25-22-17-15-19-24(25)20-18-23-25/h24H,2-23H2,1H3/q+1. The number of fused-ring (bicyclic) bond motifs is 1. The number of piperidine rings is 1. The monoisotopic (exact) mass is 350 g/mol. The molecule has 0 aromatic carbocycles. The third-order valence-electron chi connectivity index (χ3n) is 7.26. The minimum atomic E-state index is 1.07. The summed E-state index contributed by atoms with van der Waals surface area (Å²) in [6.45, 7) is 6.86. The van der Waals surface area contributed by atoms with Crippen molar-refractivity contribution in [3.63, 3.8) is 0 Å². The second-order valence-electron chi connectivity index (χ2n) is 9.28. The largest absolute Gasteiger partial charge is 0.321 e. The van der Waals surface area contributed by atoms with Crippen molar-refractivity contribution in [3.05, 3.63) is 0 Å². The van der Waals surface area contributed by atoms with E-state index in [-0.39, 0.29) is 0 Å². The number of hydrogen-bond donors (Lipinski definition) is 0. The molecule has 25 heavy (non-hydrogen) atoms. The molecular formula is C24H48N+. The van der Waals surface area contributed by atoms with E-state index in [0.717, 1.165) is 6.04 Å². The average Bonchev–Trinajstić information content (AvgIpc) is 3.06. The van der Waals surface area contributed by atoms with Gasteiger partial charge in [-0.3, -0.25) is 0 Å². The van der Waals surface area contributed by atoms with Crippen LogP contribution in [0.5, 0.6) is 0 Å². The van der Waals surface area contributed by atoms with E-state index in [0.29, 0.717) is 0 Å². The van der Waals surface area contributed by atoms with Crippen molar-refractivity contribution < 1.29 is 4.48 Å². The summed E-state index contributed by atoms with van der Waals surface area (Å²) in [5, 5.41) is 0. The lowest BCUT2D eigenvalue weighted by Gasteiger charge is -2.43. The third-order valence-corrected chi connectivity index (χ3v) is 7.26. The van der Waals surface area contributed by atoms with Crippen LogP contribution in [0.1, 0.15) is 129 Å². The molecule has 0 aliphatic carbocycles. The highest BCUT2D eigenvalue weighted by molar-refractivity contribution is 4.73. The van der Waals surface area contributed by atoms with Crippen molar-refractivity contribution in [1.29, 1.82) is 0 Å². The fourth-order valence-corrected chi connectivity index (χ4v) is 5.64. The van der Waals surface area contributed by atoms with E-state index in [4.69, 9.17) is 0 Å². The first-order valence-corrected chi connectivity index (χ1v) is 12.2. The summed E-state index contributed by atoms with van der Waals surface area (Å²) in [6.07, 6.45) is 28.4. The second kappa shape index (κ2) is 13.2. The van der Waals surface area contributed by atoms with E-state index < -0.39 is 0 Å². The first-order chi connectivity index (χ1) is 12.4. The Balaban J connectivity index is 1.34. The van der Waals surface area contributed by atoms with Crippen molar-refractivity contribution in [1.82, 2.24) is 0 Å². The fraction of sp³-hybridized carbons (Fsp3) is 1.00. The molecule has 2 fully saturated rings. The van der Waals surface area contributed by atoms with Gasteiger partial charge in [0, 0.05) is 12.8 Å². The van der Waals surface area contributed by atoms with Crippen LogP contribution in [0.15, 0.2) is 0 Å². The third kappa shape index (κ3) is 8.02. The average molecular weight is 351 g/mol. The molecule has 2 saturated heterocycles. The maximum absolute atomic E-state index is 2.31. The topological polar surface area (TPSA) is 0 Å². The molecule has 2 aliphatic rings. The maximum atomic E-state index is 2.31. The molecule has 2 unspecified atom stereocenters.